The molecule has 3 rings (SSSR count). The van der Waals surface area contributed by atoms with Crippen LogP contribution in [0.15, 0.2) is 48.8 Å². The van der Waals surface area contributed by atoms with Gasteiger partial charge in [-0.1, -0.05) is 6.07 Å². The predicted octanol–water partition coefficient (Wildman–Crippen LogP) is 4.08. The number of aromatic nitrogens is 2. The molecule has 134 valence electrons. The van der Waals surface area contributed by atoms with Gasteiger partial charge in [-0.3, -0.25) is 4.79 Å². The number of rotatable bonds is 4. The zero-order chi connectivity index (χ0) is 18.9. The van der Waals surface area contributed by atoms with Crippen LogP contribution in [0.5, 0.6) is 11.5 Å². The van der Waals surface area contributed by atoms with Crippen molar-refractivity contribution in [1.29, 1.82) is 0 Å². The molecule has 1 aromatic heterocycles. The second-order valence-electron chi connectivity index (χ2n) is 5.46. The largest absolute Gasteiger partial charge is 0.504 e. The quantitative estimate of drug-likeness (QED) is 0.710. The highest BCUT2D eigenvalue weighted by molar-refractivity contribution is 5.85. The summed E-state index contributed by atoms with van der Waals surface area (Å²) in [5.74, 6) is -0.173. The minimum absolute atomic E-state index is 0.0335. The molecule has 0 atom stereocenters. The van der Waals surface area contributed by atoms with Gasteiger partial charge in [0.15, 0.2) is 17.8 Å². The maximum atomic E-state index is 12.9. The summed E-state index contributed by atoms with van der Waals surface area (Å²) in [5.41, 5.74) is 0.573. The molecule has 0 unspecified atom stereocenters. The number of aldehydes is 1. The lowest BCUT2D eigenvalue weighted by Crippen LogP contribution is -2.06. The lowest BCUT2D eigenvalue weighted by atomic mass is 10.0. The molecule has 0 aliphatic carbocycles. The van der Waals surface area contributed by atoms with E-state index in [1.165, 1.54) is 48.5 Å². The molecule has 1 heterocycles. The van der Waals surface area contributed by atoms with Crippen molar-refractivity contribution in [2.45, 2.75) is 6.18 Å². The molecule has 0 amide bonds. The van der Waals surface area contributed by atoms with E-state index < -0.39 is 11.7 Å². The van der Waals surface area contributed by atoms with Gasteiger partial charge < -0.3 is 9.84 Å². The van der Waals surface area contributed by atoms with Crippen molar-refractivity contribution in [3.05, 3.63) is 59.9 Å². The number of halogens is 3. The summed E-state index contributed by atoms with van der Waals surface area (Å²) in [6.45, 7) is 0. The number of phenolic OH excluding ortho intramolecular Hbond substituents is 1. The second-order valence-corrected chi connectivity index (χ2v) is 5.46. The number of nitrogens with zero attached hydrogens (tertiary/aromatic N) is 2. The number of phenols is 1. The van der Waals surface area contributed by atoms with Crippen LogP contribution in [0.25, 0.3) is 16.8 Å². The number of hydrogen-bond acceptors (Lipinski definition) is 4. The molecule has 0 aliphatic rings. The van der Waals surface area contributed by atoms with Crippen molar-refractivity contribution < 1.29 is 27.8 Å². The van der Waals surface area contributed by atoms with Crippen LogP contribution in [-0.4, -0.2) is 28.3 Å². The summed E-state index contributed by atoms with van der Waals surface area (Å²) in [5, 5.41) is 13.9. The Morgan fingerprint density at radius 2 is 1.96 bits per heavy atom. The smallest absolute Gasteiger partial charge is 0.416 e. The van der Waals surface area contributed by atoms with Crippen molar-refractivity contribution in [2.24, 2.45) is 0 Å². The van der Waals surface area contributed by atoms with E-state index >= 15 is 0 Å². The Morgan fingerprint density at radius 3 is 2.62 bits per heavy atom. The molecule has 26 heavy (non-hydrogen) atoms. The molecule has 0 fully saturated rings. The van der Waals surface area contributed by atoms with Gasteiger partial charge in [0.2, 0.25) is 0 Å². The van der Waals surface area contributed by atoms with E-state index in [-0.39, 0.29) is 22.7 Å². The van der Waals surface area contributed by atoms with Crippen LogP contribution in [0.1, 0.15) is 15.9 Å². The molecule has 3 aromatic rings. The molecule has 0 spiro atoms. The first-order chi connectivity index (χ1) is 12.3. The van der Waals surface area contributed by atoms with Crippen LogP contribution in [0, 0.1) is 0 Å². The molecule has 8 heteroatoms. The standard InChI is InChI=1S/C18H13F3N2O3/c1-26-16-6-11(5-12(10-24)17(16)25)13-8-22-23(9-13)15-4-2-3-14(7-15)18(19,20)21/h2-10,25H,1H3. The van der Waals surface area contributed by atoms with Crippen molar-refractivity contribution in [2.75, 3.05) is 7.11 Å². The average molecular weight is 362 g/mol. The Labute approximate surface area is 146 Å². The average Bonchev–Trinajstić information content (AvgIpc) is 3.11. The molecule has 5 nitrogen and oxygen atoms in total. The van der Waals surface area contributed by atoms with Gasteiger partial charge in [-0.05, 0) is 35.9 Å². The lowest BCUT2D eigenvalue weighted by molar-refractivity contribution is -0.137. The summed E-state index contributed by atoms with van der Waals surface area (Å²) in [4.78, 5) is 11.1. The van der Waals surface area contributed by atoms with Gasteiger partial charge in [0.05, 0.1) is 30.1 Å². The Balaban J connectivity index is 2.03. The minimum atomic E-state index is -4.45. The number of hydrogen-bond donors (Lipinski definition) is 1. The van der Waals surface area contributed by atoms with Gasteiger partial charge in [0.1, 0.15) is 0 Å². The third-order valence-electron chi connectivity index (χ3n) is 3.81. The van der Waals surface area contributed by atoms with E-state index in [1.807, 2.05) is 0 Å². The molecule has 0 saturated heterocycles. The van der Waals surface area contributed by atoms with Crippen LogP contribution in [0.2, 0.25) is 0 Å². The Hall–Kier alpha value is -3.29. The summed E-state index contributed by atoms with van der Waals surface area (Å²) >= 11 is 0. The minimum Gasteiger partial charge on any atom is -0.504 e. The number of methoxy groups -OCH3 is 1. The fourth-order valence-electron chi connectivity index (χ4n) is 2.48. The molecular formula is C18H13F3N2O3. The number of carbonyl (C=O) groups excluding carboxylic acids is 1. The fourth-order valence-corrected chi connectivity index (χ4v) is 2.48. The zero-order valence-electron chi connectivity index (χ0n) is 13.5. The Morgan fingerprint density at radius 1 is 1.19 bits per heavy atom. The summed E-state index contributed by atoms with van der Waals surface area (Å²) in [6, 6.07) is 7.72. The Kier molecular flexibility index (Phi) is 4.41. The first-order valence-corrected chi connectivity index (χ1v) is 7.42. The van der Waals surface area contributed by atoms with E-state index in [9.17, 15) is 23.1 Å². The summed E-state index contributed by atoms with van der Waals surface area (Å²) < 4.78 is 44.9. The van der Waals surface area contributed by atoms with Gasteiger partial charge in [-0.15, -0.1) is 0 Å². The summed E-state index contributed by atoms with van der Waals surface area (Å²) in [6.07, 6.45) is -0.996. The number of aromatic hydroxyl groups is 1. The van der Waals surface area contributed by atoms with Crippen molar-refractivity contribution in [3.63, 3.8) is 0 Å². The topological polar surface area (TPSA) is 64.4 Å². The monoisotopic (exact) mass is 362 g/mol. The highest BCUT2D eigenvalue weighted by Crippen LogP contribution is 2.35. The van der Waals surface area contributed by atoms with Gasteiger partial charge in [-0.2, -0.15) is 18.3 Å². The van der Waals surface area contributed by atoms with Crippen LogP contribution in [-0.2, 0) is 6.18 Å². The highest BCUT2D eigenvalue weighted by Gasteiger charge is 2.30. The summed E-state index contributed by atoms with van der Waals surface area (Å²) in [7, 11) is 1.35. The van der Waals surface area contributed by atoms with Gasteiger partial charge in [-0.25, -0.2) is 4.68 Å². The van der Waals surface area contributed by atoms with Crippen molar-refractivity contribution in [3.8, 4) is 28.3 Å². The van der Waals surface area contributed by atoms with Crippen LogP contribution in [0.3, 0.4) is 0 Å². The van der Waals surface area contributed by atoms with Crippen LogP contribution >= 0.6 is 0 Å². The van der Waals surface area contributed by atoms with Crippen LogP contribution in [0.4, 0.5) is 13.2 Å². The molecule has 2 aromatic carbocycles. The Bertz CT molecular complexity index is 965. The maximum absolute atomic E-state index is 12.9. The van der Waals surface area contributed by atoms with E-state index in [0.717, 1.165) is 12.1 Å². The first kappa shape index (κ1) is 17.5. The zero-order valence-corrected chi connectivity index (χ0v) is 13.5. The van der Waals surface area contributed by atoms with Crippen LogP contribution < -0.4 is 4.74 Å². The lowest BCUT2D eigenvalue weighted by Gasteiger charge is -2.09. The van der Waals surface area contributed by atoms with Gasteiger partial charge in [0.25, 0.3) is 0 Å². The second kappa shape index (κ2) is 6.55. The highest BCUT2D eigenvalue weighted by atomic mass is 19.4. The van der Waals surface area contributed by atoms with E-state index in [2.05, 4.69) is 5.10 Å². The maximum Gasteiger partial charge on any atom is 0.416 e. The molecule has 0 radical (unpaired) electrons. The third-order valence-corrected chi connectivity index (χ3v) is 3.81. The van der Waals surface area contributed by atoms with E-state index in [0.29, 0.717) is 17.4 Å². The molecule has 0 saturated carbocycles. The number of ether oxygens (including phenoxy) is 1. The fraction of sp³-hybridized carbons (Fsp3) is 0.111. The van der Waals surface area contributed by atoms with Crippen molar-refractivity contribution >= 4 is 6.29 Å². The van der Waals surface area contributed by atoms with Gasteiger partial charge in [0, 0.05) is 11.8 Å². The van der Waals surface area contributed by atoms with Crippen molar-refractivity contribution in [1.82, 2.24) is 9.78 Å². The van der Waals surface area contributed by atoms with Gasteiger partial charge >= 0.3 is 6.18 Å². The number of benzene rings is 2. The normalized spacial score (nSPS) is 11.4. The molecule has 1 N–H and O–H groups in total. The first-order valence-electron chi connectivity index (χ1n) is 7.42. The molecular weight excluding hydrogens is 349 g/mol. The van der Waals surface area contributed by atoms with E-state index in [1.54, 1.807) is 0 Å². The molecule has 0 bridgehead atoms. The molecule has 0 aliphatic heterocycles. The number of alkyl halides is 3. The number of carbonyl (C=O) groups is 1. The van der Waals surface area contributed by atoms with E-state index in [4.69, 9.17) is 4.74 Å². The predicted molar refractivity (Wildman–Crippen MR) is 87.6 cm³/mol. The third kappa shape index (κ3) is 3.26. The SMILES string of the molecule is COc1cc(-c2cnn(-c3cccc(C(F)(F)F)c3)c2)cc(C=O)c1O.